The molecule has 0 aromatic heterocycles. The zero-order chi connectivity index (χ0) is 12.4. The van der Waals surface area contributed by atoms with Crippen molar-refractivity contribution in [3.8, 4) is 0 Å². The van der Waals surface area contributed by atoms with Gasteiger partial charge in [-0.3, -0.25) is 0 Å². The Bertz CT molecular complexity index is 426. The monoisotopic (exact) mass is 233 g/mol. The number of nitrogens with one attached hydrogen (secondary N) is 1. The van der Waals surface area contributed by atoms with Crippen LogP contribution in [0.3, 0.4) is 0 Å². The van der Waals surface area contributed by atoms with Gasteiger partial charge in [-0.25, -0.2) is 4.79 Å². The molecule has 92 valence electrons. The van der Waals surface area contributed by atoms with E-state index in [1.165, 1.54) is 5.56 Å². The van der Waals surface area contributed by atoms with Gasteiger partial charge in [0.15, 0.2) is 0 Å². The number of hydrogen-bond donors (Lipinski definition) is 2. The van der Waals surface area contributed by atoms with Crippen LogP contribution in [0.1, 0.15) is 47.7 Å². The average molecular weight is 233 g/mol. The van der Waals surface area contributed by atoms with E-state index < -0.39 is 5.97 Å². The molecule has 1 unspecified atom stereocenters. The minimum atomic E-state index is -0.806. The third kappa shape index (κ3) is 2.50. The van der Waals surface area contributed by atoms with E-state index in [0.29, 0.717) is 17.5 Å². The number of carboxylic acid groups (broad SMARTS) is 1. The molecule has 3 nitrogen and oxygen atoms in total. The van der Waals surface area contributed by atoms with E-state index in [2.05, 4.69) is 25.2 Å². The van der Waals surface area contributed by atoms with Crippen LogP contribution in [-0.2, 0) is 6.42 Å². The van der Waals surface area contributed by atoms with Gasteiger partial charge < -0.3 is 10.4 Å². The first kappa shape index (κ1) is 12.1. The molecule has 2 rings (SSSR count). The van der Waals surface area contributed by atoms with Crippen LogP contribution in [0.5, 0.6) is 0 Å². The Morgan fingerprint density at radius 3 is 2.94 bits per heavy atom. The number of benzene rings is 1. The van der Waals surface area contributed by atoms with E-state index in [9.17, 15) is 4.79 Å². The third-order valence-corrected chi connectivity index (χ3v) is 3.40. The van der Waals surface area contributed by atoms with Gasteiger partial charge in [0, 0.05) is 12.6 Å². The molecule has 0 amide bonds. The van der Waals surface area contributed by atoms with Crippen molar-refractivity contribution < 1.29 is 9.90 Å². The van der Waals surface area contributed by atoms with Crippen molar-refractivity contribution in [1.82, 2.24) is 5.32 Å². The second-order valence-corrected chi connectivity index (χ2v) is 4.98. The first-order valence-corrected chi connectivity index (χ1v) is 6.18. The first-order chi connectivity index (χ1) is 8.09. The van der Waals surface area contributed by atoms with Gasteiger partial charge in [-0.2, -0.15) is 0 Å². The van der Waals surface area contributed by atoms with Crippen LogP contribution in [0.2, 0.25) is 0 Å². The van der Waals surface area contributed by atoms with Gasteiger partial charge in [-0.05, 0) is 36.0 Å². The van der Waals surface area contributed by atoms with Gasteiger partial charge >= 0.3 is 5.97 Å². The molecule has 0 spiro atoms. The van der Waals surface area contributed by atoms with E-state index in [1.807, 2.05) is 6.07 Å². The molecule has 0 saturated carbocycles. The van der Waals surface area contributed by atoms with Gasteiger partial charge in [0.2, 0.25) is 0 Å². The molecule has 0 saturated heterocycles. The molecule has 0 radical (unpaired) electrons. The highest BCUT2D eigenvalue weighted by Crippen LogP contribution is 2.34. The summed E-state index contributed by atoms with van der Waals surface area (Å²) >= 11 is 0. The average Bonchev–Trinajstić information content (AvgIpc) is 2.68. The molecule has 1 aromatic rings. The molecule has 0 bridgehead atoms. The Morgan fingerprint density at radius 1 is 1.53 bits per heavy atom. The second-order valence-electron chi connectivity index (χ2n) is 4.98. The summed E-state index contributed by atoms with van der Waals surface area (Å²) in [5.74, 6) is -0.342. The van der Waals surface area contributed by atoms with Crippen LogP contribution in [0.15, 0.2) is 18.2 Å². The molecule has 0 aliphatic heterocycles. The topological polar surface area (TPSA) is 49.3 Å². The van der Waals surface area contributed by atoms with Crippen LogP contribution in [0, 0.1) is 0 Å². The highest BCUT2D eigenvalue weighted by atomic mass is 16.4. The lowest BCUT2D eigenvalue weighted by atomic mass is 9.98. The summed E-state index contributed by atoms with van der Waals surface area (Å²) in [6, 6.07) is 6.11. The summed E-state index contributed by atoms with van der Waals surface area (Å²) in [7, 11) is 0. The van der Waals surface area contributed by atoms with Crippen molar-refractivity contribution in [3.63, 3.8) is 0 Å². The molecular weight excluding hydrogens is 214 g/mol. The molecule has 17 heavy (non-hydrogen) atoms. The fourth-order valence-corrected chi connectivity index (χ4v) is 2.53. The van der Waals surface area contributed by atoms with E-state index in [-0.39, 0.29) is 0 Å². The number of carbonyl (C=O) groups is 1. The van der Waals surface area contributed by atoms with E-state index in [4.69, 9.17) is 5.11 Å². The van der Waals surface area contributed by atoms with E-state index >= 15 is 0 Å². The first-order valence-electron chi connectivity index (χ1n) is 6.18. The van der Waals surface area contributed by atoms with Gasteiger partial charge in [-0.15, -0.1) is 0 Å². The summed E-state index contributed by atoms with van der Waals surface area (Å²) in [6.45, 7) is 5.20. The van der Waals surface area contributed by atoms with E-state index in [0.717, 1.165) is 24.9 Å². The summed E-state index contributed by atoms with van der Waals surface area (Å²) in [6.07, 6.45) is 1.95. The van der Waals surface area contributed by atoms with Crippen molar-refractivity contribution >= 4 is 5.97 Å². The Balaban J connectivity index is 2.21. The molecule has 1 aliphatic carbocycles. The predicted octanol–water partition coefficient (Wildman–Crippen LogP) is 2.41. The summed E-state index contributed by atoms with van der Waals surface area (Å²) in [4.78, 5) is 11.1. The molecule has 0 fully saturated rings. The highest BCUT2D eigenvalue weighted by Gasteiger charge is 2.26. The van der Waals surface area contributed by atoms with Crippen LogP contribution >= 0.6 is 0 Å². The van der Waals surface area contributed by atoms with Crippen molar-refractivity contribution in [3.05, 3.63) is 34.9 Å². The van der Waals surface area contributed by atoms with Crippen LogP contribution < -0.4 is 5.32 Å². The summed E-state index contributed by atoms with van der Waals surface area (Å²) in [5.41, 5.74) is 2.74. The zero-order valence-electron chi connectivity index (χ0n) is 10.4. The van der Waals surface area contributed by atoms with Gasteiger partial charge in [0.25, 0.3) is 0 Å². The van der Waals surface area contributed by atoms with Crippen molar-refractivity contribution in [2.24, 2.45) is 0 Å². The quantitative estimate of drug-likeness (QED) is 0.839. The van der Waals surface area contributed by atoms with Gasteiger partial charge in [0.05, 0.1) is 5.56 Å². The smallest absolute Gasteiger partial charge is 0.335 e. The van der Waals surface area contributed by atoms with Crippen molar-refractivity contribution in [2.45, 2.75) is 38.6 Å². The molecule has 0 heterocycles. The lowest BCUT2D eigenvalue weighted by molar-refractivity contribution is 0.0696. The lowest BCUT2D eigenvalue weighted by Crippen LogP contribution is -2.27. The van der Waals surface area contributed by atoms with Crippen LogP contribution in [0.25, 0.3) is 0 Å². The molecule has 3 heteroatoms. The number of hydrogen-bond acceptors (Lipinski definition) is 2. The van der Waals surface area contributed by atoms with E-state index in [1.54, 1.807) is 6.07 Å². The lowest BCUT2D eigenvalue weighted by Gasteiger charge is -2.15. The fourth-order valence-electron chi connectivity index (χ4n) is 2.53. The van der Waals surface area contributed by atoms with Crippen LogP contribution in [-0.4, -0.2) is 23.7 Å². The van der Waals surface area contributed by atoms with Crippen molar-refractivity contribution in [2.75, 3.05) is 6.54 Å². The SMILES string of the molecule is CC(C)NCC1CCc2c(C(=O)O)cccc21. The zero-order valence-corrected chi connectivity index (χ0v) is 10.4. The number of rotatable bonds is 4. The minimum Gasteiger partial charge on any atom is -0.478 e. The van der Waals surface area contributed by atoms with Crippen molar-refractivity contribution in [1.29, 1.82) is 0 Å². The van der Waals surface area contributed by atoms with Gasteiger partial charge in [-0.1, -0.05) is 26.0 Å². The maximum absolute atomic E-state index is 11.1. The number of carboxylic acids is 1. The highest BCUT2D eigenvalue weighted by molar-refractivity contribution is 5.90. The molecule has 2 N–H and O–H groups in total. The minimum absolute atomic E-state index is 0.465. The maximum atomic E-state index is 11.1. The Morgan fingerprint density at radius 2 is 2.29 bits per heavy atom. The normalized spacial score (nSPS) is 18.4. The fraction of sp³-hybridized carbons (Fsp3) is 0.500. The summed E-state index contributed by atoms with van der Waals surface area (Å²) in [5, 5.41) is 12.6. The molecule has 1 atom stereocenters. The Hall–Kier alpha value is -1.35. The number of fused-ring (bicyclic) bond motifs is 1. The molecular formula is C14H19NO2. The Kier molecular flexibility index (Phi) is 3.48. The maximum Gasteiger partial charge on any atom is 0.335 e. The predicted molar refractivity (Wildman–Crippen MR) is 67.6 cm³/mol. The molecule has 1 aliphatic rings. The van der Waals surface area contributed by atoms with Crippen LogP contribution in [0.4, 0.5) is 0 Å². The molecule has 1 aromatic carbocycles. The second kappa shape index (κ2) is 4.88. The largest absolute Gasteiger partial charge is 0.478 e. The van der Waals surface area contributed by atoms with Gasteiger partial charge in [0.1, 0.15) is 0 Å². The number of aromatic carboxylic acids is 1. The summed E-state index contributed by atoms with van der Waals surface area (Å²) < 4.78 is 0. The standard InChI is InChI=1S/C14H19NO2/c1-9(2)15-8-10-6-7-12-11(10)4-3-5-13(12)14(16)17/h3-5,9-10,15H,6-8H2,1-2H3,(H,16,17). The Labute approximate surface area is 102 Å². The third-order valence-electron chi connectivity index (χ3n) is 3.40.